The number of Topliss-reactive ketones (excluding diaryl/α,β-unsaturated/α-hetero) is 1. The van der Waals surface area contributed by atoms with Gasteiger partial charge in [-0.2, -0.15) is 0 Å². The summed E-state index contributed by atoms with van der Waals surface area (Å²) in [6.07, 6.45) is 17.7. The topological polar surface area (TPSA) is 105 Å². The Morgan fingerprint density at radius 2 is 1.90 bits per heavy atom. The molecule has 2 unspecified atom stereocenters. The first kappa shape index (κ1) is 33.6. The van der Waals surface area contributed by atoms with E-state index in [1.165, 1.54) is 13.2 Å². The van der Waals surface area contributed by atoms with Crippen molar-refractivity contribution in [2.24, 2.45) is 5.92 Å². The predicted octanol–water partition coefficient (Wildman–Crippen LogP) is 4.95. The average Bonchev–Trinajstić information content (AvgIpc) is 2.91. The van der Waals surface area contributed by atoms with E-state index in [4.69, 9.17) is 4.74 Å². The van der Waals surface area contributed by atoms with Crippen LogP contribution < -0.4 is 5.32 Å². The molecule has 7 nitrogen and oxygen atoms in total. The molecule has 0 radical (unpaired) electrons. The summed E-state index contributed by atoms with van der Waals surface area (Å²) in [4.78, 5) is 24.1. The molecule has 39 heavy (non-hydrogen) atoms. The third-order valence-corrected chi connectivity index (χ3v) is 6.37. The van der Waals surface area contributed by atoms with Crippen molar-refractivity contribution in [1.82, 2.24) is 5.32 Å². The van der Waals surface area contributed by atoms with Gasteiger partial charge >= 0.3 is 202 Å². The number of rotatable bonds is 16. The van der Waals surface area contributed by atoms with Crippen LogP contribution in [0.25, 0.3) is 0 Å². The van der Waals surface area contributed by atoms with Gasteiger partial charge in [0, 0.05) is 0 Å². The number of ketones is 1. The molecule has 1 aliphatic heterocycles. The summed E-state index contributed by atoms with van der Waals surface area (Å²) in [6, 6.07) is 0. The van der Waals surface area contributed by atoms with Crippen LogP contribution in [0.1, 0.15) is 66.7 Å². The quantitative estimate of drug-likeness (QED) is 0.0841. The number of aliphatic hydroxyl groups is 2. The SMILES string of the molecule is B=C1OC(C(C)CC/C=C/NCC(=O)OC)=CC(O)=C1C(=O)/C(C)=C/C=C(\C)CCC(O)/C(C)=C/C/C=C/C. The van der Waals surface area contributed by atoms with Crippen LogP contribution in [0.3, 0.4) is 0 Å². The van der Waals surface area contributed by atoms with Gasteiger partial charge in [-0.25, -0.2) is 0 Å². The number of methoxy groups -OCH3 is 1. The van der Waals surface area contributed by atoms with Gasteiger partial charge in [-0.05, 0) is 13.3 Å². The fourth-order valence-electron chi connectivity index (χ4n) is 3.67. The molecule has 212 valence electrons. The molecular formula is C31H44BNO6. The van der Waals surface area contributed by atoms with Gasteiger partial charge in [0.05, 0.1) is 7.11 Å². The van der Waals surface area contributed by atoms with Gasteiger partial charge in [0.25, 0.3) is 0 Å². The van der Waals surface area contributed by atoms with Crippen molar-refractivity contribution < 1.29 is 29.3 Å². The number of hydrogen-bond donors (Lipinski definition) is 3. The van der Waals surface area contributed by atoms with Crippen LogP contribution >= 0.6 is 0 Å². The molecule has 0 spiro atoms. The van der Waals surface area contributed by atoms with E-state index in [1.54, 1.807) is 19.2 Å². The first-order chi connectivity index (χ1) is 18.5. The second-order valence-electron chi connectivity index (χ2n) is 9.67. The van der Waals surface area contributed by atoms with Crippen LogP contribution in [-0.4, -0.2) is 54.9 Å². The molecule has 0 aliphatic carbocycles. The Morgan fingerprint density at radius 1 is 1.18 bits per heavy atom. The minimum absolute atomic E-state index is 0.0232. The Hall–Kier alpha value is -3.39. The van der Waals surface area contributed by atoms with E-state index in [2.05, 4.69) is 17.5 Å². The molecular weight excluding hydrogens is 493 g/mol. The van der Waals surface area contributed by atoms with Gasteiger partial charge in [0.1, 0.15) is 0 Å². The zero-order valence-electron chi connectivity index (χ0n) is 24.3. The minimum atomic E-state index is -0.502. The van der Waals surface area contributed by atoms with Crippen molar-refractivity contribution in [2.75, 3.05) is 13.7 Å². The number of hydrogen-bond acceptors (Lipinski definition) is 7. The van der Waals surface area contributed by atoms with Crippen LogP contribution in [0, 0.1) is 5.92 Å². The zero-order chi connectivity index (χ0) is 29.4. The molecule has 0 fully saturated rings. The van der Waals surface area contributed by atoms with Crippen molar-refractivity contribution in [1.29, 1.82) is 0 Å². The van der Waals surface area contributed by atoms with Crippen LogP contribution in [0.4, 0.5) is 0 Å². The number of carbonyl (C=O) groups excluding carboxylic acids is 2. The van der Waals surface area contributed by atoms with Crippen molar-refractivity contribution in [3.05, 3.63) is 82.5 Å². The molecule has 0 aromatic carbocycles. The van der Waals surface area contributed by atoms with E-state index in [9.17, 15) is 19.8 Å². The maximum absolute atomic E-state index is 13.0. The van der Waals surface area contributed by atoms with Gasteiger partial charge in [-0.1, -0.05) is 12.2 Å². The molecule has 1 rings (SSSR count). The molecule has 2 atom stereocenters. The molecule has 8 heteroatoms. The second kappa shape index (κ2) is 18.0. The fraction of sp³-hybridized carbons (Fsp3) is 0.452. The van der Waals surface area contributed by atoms with E-state index in [0.717, 1.165) is 30.4 Å². The Morgan fingerprint density at radius 3 is 2.54 bits per heavy atom. The van der Waals surface area contributed by atoms with Gasteiger partial charge in [0.2, 0.25) is 0 Å². The van der Waals surface area contributed by atoms with Crippen molar-refractivity contribution in [3.8, 4) is 0 Å². The Labute approximate surface area is 234 Å². The molecule has 0 bridgehead atoms. The zero-order valence-corrected chi connectivity index (χ0v) is 24.3. The van der Waals surface area contributed by atoms with E-state index in [0.29, 0.717) is 24.2 Å². The van der Waals surface area contributed by atoms with Gasteiger partial charge in [-0.3, -0.25) is 0 Å². The summed E-state index contributed by atoms with van der Waals surface area (Å²) in [6.45, 7) is 9.61. The van der Waals surface area contributed by atoms with Gasteiger partial charge < -0.3 is 0 Å². The van der Waals surface area contributed by atoms with E-state index in [-0.39, 0.29) is 41.2 Å². The molecule has 0 aromatic heterocycles. The molecule has 0 saturated carbocycles. The monoisotopic (exact) mass is 537 g/mol. The van der Waals surface area contributed by atoms with Gasteiger partial charge in [0.15, 0.2) is 0 Å². The Balaban J connectivity index is 2.75. The molecule has 1 aliphatic rings. The predicted molar refractivity (Wildman–Crippen MR) is 159 cm³/mol. The normalized spacial score (nSPS) is 16.8. The molecule has 0 aromatic rings. The number of ether oxygens (including phenoxy) is 2. The first-order valence-corrected chi connectivity index (χ1v) is 13.3. The van der Waals surface area contributed by atoms with Crippen LogP contribution in [0.2, 0.25) is 0 Å². The number of nitrogens with one attached hydrogen (secondary N) is 1. The second-order valence-corrected chi connectivity index (χ2v) is 9.67. The summed E-state index contributed by atoms with van der Waals surface area (Å²) in [5.41, 5.74) is 2.60. The van der Waals surface area contributed by atoms with Crippen molar-refractivity contribution in [3.63, 3.8) is 0 Å². The van der Waals surface area contributed by atoms with Crippen molar-refractivity contribution in [2.45, 2.75) is 72.8 Å². The number of aliphatic hydroxyl groups excluding tert-OH is 2. The van der Waals surface area contributed by atoms with E-state index in [1.807, 2.05) is 58.1 Å². The molecule has 3 N–H and O–H groups in total. The smallest absolute Gasteiger partial charge is 0.0914 e. The summed E-state index contributed by atoms with van der Waals surface area (Å²) in [5.74, 6) is -0.344. The summed E-state index contributed by atoms with van der Waals surface area (Å²) in [7, 11) is 5.20. The summed E-state index contributed by atoms with van der Waals surface area (Å²) < 4.78 is 10.4. The standard InChI is InChI=1S/C31H44BNO6/c1-7-8-9-12-22(3)25(34)17-15-21(2)14-16-24(5)30(37)29-26(35)19-27(39-31(29)32)23(4)13-10-11-18-33-20-28(36)38-6/h7-8,11-12,14,16,18-19,23,25,32-35H,9-10,13,15,17,20H2,1-6H3/b8-7+,18-11+,21-14+,22-12+,24-16+. The number of allylic oxidation sites excluding steroid dienone is 10. The minimum Gasteiger partial charge on any atom is -0.0914 e. The maximum atomic E-state index is 13.0. The van der Waals surface area contributed by atoms with E-state index < -0.39 is 6.10 Å². The third-order valence-electron chi connectivity index (χ3n) is 6.37. The molecule has 0 saturated heterocycles. The summed E-state index contributed by atoms with van der Waals surface area (Å²) >= 11 is 0. The summed E-state index contributed by atoms with van der Waals surface area (Å²) in [5, 5.41) is 23.8. The van der Waals surface area contributed by atoms with Crippen molar-refractivity contribution >= 4 is 24.9 Å². The van der Waals surface area contributed by atoms with Gasteiger partial charge in [-0.15, -0.1) is 0 Å². The molecule has 0 amide bonds. The number of esters is 1. The van der Waals surface area contributed by atoms with Crippen LogP contribution in [-0.2, 0) is 19.1 Å². The number of carbonyl (C=O) groups is 2. The Kier molecular flexibility index (Phi) is 15.5. The van der Waals surface area contributed by atoms with Crippen LogP contribution in [0.15, 0.2) is 82.5 Å². The molecule has 1 heterocycles. The third kappa shape index (κ3) is 12.3. The van der Waals surface area contributed by atoms with Crippen LogP contribution in [0.5, 0.6) is 0 Å². The van der Waals surface area contributed by atoms with E-state index >= 15 is 0 Å². The average molecular weight is 538 g/mol. The fourth-order valence-corrected chi connectivity index (χ4v) is 3.67. The first-order valence-electron chi connectivity index (χ1n) is 13.3. The Bertz CT molecular complexity index is 1090.